The summed E-state index contributed by atoms with van der Waals surface area (Å²) in [7, 11) is 0. The van der Waals surface area contributed by atoms with Crippen molar-refractivity contribution in [3.8, 4) is 11.8 Å². The van der Waals surface area contributed by atoms with E-state index in [0.717, 1.165) is 17.1 Å². The Labute approximate surface area is 143 Å². The van der Waals surface area contributed by atoms with Crippen LogP contribution >= 0.6 is 0 Å². The van der Waals surface area contributed by atoms with Gasteiger partial charge in [0.05, 0.1) is 6.07 Å². The summed E-state index contributed by atoms with van der Waals surface area (Å²) in [5, 5.41) is 10.7. The van der Waals surface area contributed by atoms with E-state index in [9.17, 15) is 0 Å². The average Bonchev–Trinajstić information content (AvgIpc) is 2.64. The van der Waals surface area contributed by atoms with E-state index in [0.29, 0.717) is 6.61 Å². The van der Waals surface area contributed by atoms with Gasteiger partial charge in [-0.1, -0.05) is 48.5 Å². The highest BCUT2D eigenvalue weighted by atomic mass is 16.5. The van der Waals surface area contributed by atoms with Gasteiger partial charge in [-0.2, -0.15) is 5.26 Å². The molecule has 3 rings (SSSR count). The SMILES string of the molecule is CC#N.c1ccc(COc2ccc(Nc3ccccc3)cc2)cc1. The van der Waals surface area contributed by atoms with Crippen LogP contribution in [0.4, 0.5) is 11.4 Å². The van der Waals surface area contributed by atoms with Crippen LogP contribution in [0.3, 0.4) is 0 Å². The molecule has 0 aliphatic heterocycles. The summed E-state index contributed by atoms with van der Waals surface area (Å²) in [6.07, 6.45) is 0. The standard InChI is InChI=1S/C19H17NO.C2H3N/c1-3-7-16(8-4-1)15-21-19-13-11-18(12-14-19)20-17-9-5-2-6-10-17;1-2-3/h1-14,20H,15H2;1H3. The first-order valence-corrected chi connectivity index (χ1v) is 7.71. The number of hydrogen-bond donors (Lipinski definition) is 1. The molecule has 3 aromatic carbocycles. The zero-order chi connectivity index (χ0) is 17.0. The minimum Gasteiger partial charge on any atom is -0.489 e. The first-order chi connectivity index (χ1) is 11.8. The number of rotatable bonds is 5. The van der Waals surface area contributed by atoms with Crippen LogP contribution in [0.2, 0.25) is 0 Å². The summed E-state index contributed by atoms with van der Waals surface area (Å²) < 4.78 is 5.77. The number of nitrogens with one attached hydrogen (secondary N) is 1. The van der Waals surface area contributed by atoms with E-state index < -0.39 is 0 Å². The second kappa shape index (κ2) is 9.70. The molecule has 3 nitrogen and oxygen atoms in total. The first-order valence-electron chi connectivity index (χ1n) is 7.71. The summed E-state index contributed by atoms with van der Waals surface area (Å²) in [6, 6.07) is 30.0. The van der Waals surface area contributed by atoms with Crippen molar-refractivity contribution < 1.29 is 4.74 Å². The Morgan fingerprint density at radius 3 is 1.88 bits per heavy atom. The number of nitriles is 1. The maximum absolute atomic E-state index is 7.32. The van der Waals surface area contributed by atoms with Crippen LogP contribution in [-0.4, -0.2) is 0 Å². The van der Waals surface area contributed by atoms with Gasteiger partial charge in [0.1, 0.15) is 12.4 Å². The lowest BCUT2D eigenvalue weighted by atomic mass is 10.2. The Bertz CT molecular complexity index is 747. The van der Waals surface area contributed by atoms with E-state index in [-0.39, 0.29) is 0 Å². The van der Waals surface area contributed by atoms with Crippen molar-refractivity contribution in [2.24, 2.45) is 0 Å². The zero-order valence-corrected chi connectivity index (χ0v) is 13.6. The molecule has 0 amide bonds. The molecule has 0 radical (unpaired) electrons. The van der Waals surface area contributed by atoms with E-state index in [2.05, 4.69) is 17.4 Å². The van der Waals surface area contributed by atoms with Gasteiger partial charge in [-0.25, -0.2) is 0 Å². The third kappa shape index (κ3) is 5.86. The number of ether oxygens (including phenoxy) is 1. The van der Waals surface area contributed by atoms with Crippen LogP contribution < -0.4 is 10.1 Å². The van der Waals surface area contributed by atoms with Crippen molar-refractivity contribution in [3.05, 3.63) is 90.5 Å². The van der Waals surface area contributed by atoms with Gasteiger partial charge in [0, 0.05) is 18.3 Å². The second-order valence-corrected chi connectivity index (χ2v) is 5.01. The molecule has 3 heteroatoms. The first kappa shape index (κ1) is 17.1. The molecule has 0 fully saturated rings. The predicted octanol–water partition coefficient (Wildman–Crippen LogP) is 5.54. The van der Waals surface area contributed by atoms with Crippen molar-refractivity contribution in [1.29, 1.82) is 5.26 Å². The van der Waals surface area contributed by atoms with Crippen LogP contribution in [0.1, 0.15) is 12.5 Å². The highest BCUT2D eigenvalue weighted by Crippen LogP contribution is 2.20. The van der Waals surface area contributed by atoms with Crippen molar-refractivity contribution in [2.45, 2.75) is 13.5 Å². The van der Waals surface area contributed by atoms with E-state index in [4.69, 9.17) is 10.00 Å². The fraction of sp³-hybridized carbons (Fsp3) is 0.0952. The molecule has 0 bridgehead atoms. The number of hydrogen-bond acceptors (Lipinski definition) is 3. The number of anilines is 2. The quantitative estimate of drug-likeness (QED) is 0.672. The second-order valence-electron chi connectivity index (χ2n) is 5.01. The van der Waals surface area contributed by atoms with Gasteiger partial charge in [-0.3, -0.25) is 0 Å². The maximum atomic E-state index is 7.32. The molecular formula is C21H20N2O. The molecule has 3 aromatic rings. The lowest BCUT2D eigenvalue weighted by Crippen LogP contribution is -1.95. The molecule has 0 spiro atoms. The Hall–Kier alpha value is -3.25. The molecule has 0 aliphatic carbocycles. The minimum atomic E-state index is 0.590. The largest absolute Gasteiger partial charge is 0.489 e. The molecule has 24 heavy (non-hydrogen) atoms. The lowest BCUT2D eigenvalue weighted by Gasteiger charge is -2.09. The van der Waals surface area contributed by atoms with Crippen LogP contribution in [0.5, 0.6) is 5.75 Å². The van der Waals surface area contributed by atoms with Gasteiger partial charge in [-0.15, -0.1) is 0 Å². The monoisotopic (exact) mass is 316 g/mol. The van der Waals surface area contributed by atoms with Crippen molar-refractivity contribution in [2.75, 3.05) is 5.32 Å². The minimum absolute atomic E-state index is 0.590. The molecule has 120 valence electrons. The van der Waals surface area contributed by atoms with Crippen LogP contribution in [-0.2, 0) is 6.61 Å². The van der Waals surface area contributed by atoms with Gasteiger partial charge in [0.2, 0.25) is 0 Å². The lowest BCUT2D eigenvalue weighted by molar-refractivity contribution is 0.306. The fourth-order valence-electron chi connectivity index (χ4n) is 2.06. The summed E-state index contributed by atoms with van der Waals surface area (Å²) in [4.78, 5) is 0. The van der Waals surface area contributed by atoms with Gasteiger partial charge in [-0.05, 0) is 42.0 Å². The fourth-order valence-corrected chi connectivity index (χ4v) is 2.06. The van der Waals surface area contributed by atoms with Gasteiger partial charge >= 0.3 is 0 Å². The molecular weight excluding hydrogens is 296 g/mol. The topological polar surface area (TPSA) is 45.0 Å². The maximum Gasteiger partial charge on any atom is 0.119 e. The molecule has 1 N–H and O–H groups in total. The predicted molar refractivity (Wildman–Crippen MR) is 98.2 cm³/mol. The highest BCUT2D eigenvalue weighted by molar-refractivity contribution is 5.59. The van der Waals surface area contributed by atoms with Crippen molar-refractivity contribution in [1.82, 2.24) is 0 Å². The third-order valence-electron chi connectivity index (χ3n) is 3.17. The molecule has 0 saturated heterocycles. The highest BCUT2D eigenvalue weighted by Gasteiger charge is 1.97. The van der Waals surface area contributed by atoms with Crippen molar-refractivity contribution in [3.63, 3.8) is 0 Å². The number of benzene rings is 3. The number of para-hydroxylation sites is 1. The summed E-state index contributed by atoms with van der Waals surface area (Å²) in [6.45, 7) is 2.02. The van der Waals surface area contributed by atoms with Gasteiger partial charge in [0.25, 0.3) is 0 Å². The van der Waals surface area contributed by atoms with E-state index in [1.165, 1.54) is 12.5 Å². The Kier molecular flexibility index (Phi) is 6.92. The molecule has 0 atom stereocenters. The summed E-state index contributed by atoms with van der Waals surface area (Å²) >= 11 is 0. The van der Waals surface area contributed by atoms with Crippen molar-refractivity contribution >= 4 is 11.4 Å². The van der Waals surface area contributed by atoms with E-state index >= 15 is 0 Å². The van der Waals surface area contributed by atoms with E-state index in [1.54, 1.807) is 6.07 Å². The molecule has 0 heterocycles. The molecule has 0 unspecified atom stereocenters. The number of nitrogens with zero attached hydrogens (tertiary/aromatic N) is 1. The summed E-state index contributed by atoms with van der Waals surface area (Å²) in [5.74, 6) is 0.873. The third-order valence-corrected chi connectivity index (χ3v) is 3.17. The van der Waals surface area contributed by atoms with E-state index in [1.807, 2.05) is 72.8 Å². The van der Waals surface area contributed by atoms with Gasteiger partial charge < -0.3 is 10.1 Å². The Morgan fingerprint density at radius 2 is 1.29 bits per heavy atom. The van der Waals surface area contributed by atoms with Gasteiger partial charge in [0.15, 0.2) is 0 Å². The zero-order valence-electron chi connectivity index (χ0n) is 13.6. The van der Waals surface area contributed by atoms with Crippen LogP contribution in [0.15, 0.2) is 84.9 Å². The molecule has 0 aliphatic rings. The smallest absolute Gasteiger partial charge is 0.119 e. The molecule has 0 saturated carbocycles. The Morgan fingerprint density at radius 1 is 0.792 bits per heavy atom. The Balaban J connectivity index is 0.000000647. The summed E-state index contributed by atoms with van der Waals surface area (Å²) in [5.41, 5.74) is 3.30. The van der Waals surface area contributed by atoms with Crippen LogP contribution in [0, 0.1) is 11.3 Å². The molecule has 0 aromatic heterocycles. The normalized spacial score (nSPS) is 9.17. The average molecular weight is 316 g/mol. The van der Waals surface area contributed by atoms with Crippen LogP contribution in [0.25, 0.3) is 0 Å².